The van der Waals surface area contributed by atoms with Crippen molar-refractivity contribution in [2.24, 2.45) is 39.9 Å². The summed E-state index contributed by atoms with van der Waals surface area (Å²) in [5, 5.41) is 0. The third-order valence-corrected chi connectivity index (χ3v) is 10.3. The normalized spacial score (nSPS) is 37.0. The van der Waals surface area contributed by atoms with E-state index < -0.39 is 0 Å². The average Bonchev–Trinajstić information content (AvgIpc) is 3.05. The second kappa shape index (κ2) is 10.2. The van der Waals surface area contributed by atoms with Crippen molar-refractivity contribution in [3.05, 3.63) is 35.5 Å². The first kappa shape index (κ1) is 27.5. The first-order valence-corrected chi connectivity index (χ1v) is 13.7. The summed E-state index contributed by atoms with van der Waals surface area (Å²) < 4.78 is 0. The highest BCUT2D eigenvalue weighted by Crippen LogP contribution is 2.66. The Morgan fingerprint density at radius 2 is 1.75 bits per heavy atom. The van der Waals surface area contributed by atoms with E-state index in [1.54, 1.807) is 11.1 Å². The van der Waals surface area contributed by atoms with Crippen LogP contribution >= 0.6 is 0 Å². The molecule has 32 heavy (non-hydrogen) atoms. The Morgan fingerprint density at radius 1 is 1.06 bits per heavy atom. The summed E-state index contributed by atoms with van der Waals surface area (Å²) in [6.07, 6.45) is 19.2. The molecule has 0 N–H and O–H groups in total. The van der Waals surface area contributed by atoms with Crippen LogP contribution < -0.4 is 0 Å². The maximum atomic E-state index is 4.31. The minimum Gasteiger partial charge on any atom is -0.0996 e. The van der Waals surface area contributed by atoms with Crippen LogP contribution in [-0.2, 0) is 0 Å². The lowest BCUT2D eigenvalue weighted by Gasteiger charge is -2.57. The molecule has 0 aromatic heterocycles. The molecule has 0 nitrogen and oxygen atoms in total. The van der Waals surface area contributed by atoms with Crippen LogP contribution in [0.1, 0.15) is 127 Å². The number of hydrogen-bond donors (Lipinski definition) is 0. The van der Waals surface area contributed by atoms with E-state index in [0.717, 1.165) is 17.8 Å². The molecular weight excluding hydrogens is 384 g/mol. The topological polar surface area (TPSA) is 0 Å². The fraction of sp³-hybridized carbons (Fsp3) is 0.812. The summed E-state index contributed by atoms with van der Waals surface area (Å²) >= 11 is 0. The molecule has 2 saturated carbocycles. The predicted molar refractivity (Wildman–Crippen MR) is 145 cm³/mol. The molecule has 0 heterocycles. The van der Waals surface area contributed by atoms with Crippen molar-refractivity contribution in [2.75, 3.05) is 0 Å². The van der Waals surface area contributed by atoms with Gasteiger partial charge in [0.1, 0.15) is 0 Å². The maximum Gasteiger partial charge on any atom is -0.00394 e. The Kier molecular flexibility index (Phi) is 8.78. The Balaban J connectivity index is 0.00000118. The molecule has 4 rings (SSSR count). The van der Waals surface area contributed by atoms with Gasteiger partial charge in [0.15, 0.2) is 0 Å². The van der Waals surface area contributed by atoms with E-state index in [2.05, 4.69) is 60.3 Å². The molecule has 2 fully saturated rings. The standard InChI is InChI=1S/C29H46.C2H6.CH4/c1-20(2)21(3)10-8-11-22-12-14-24-23-13-15-26-27(4,5)17-9-18-29(26,7)25(23)16-19-28(22,24)6;1-2;/h13,16,20,22,24,26H,3,8-12,14-15,17-19H2,1-2,4-7H3;1-2H3;1H4. The van der Waals surface area contributed by atoms with E-state index in [1.807, 2.05) is 13.8 Å². The molecule has 0 radical (unpaired) electrons. The van der Waals surface area contributed by atoms with Gasteiger partial charge in [-0.1, -0.05) is 93.5 Å². The molecular formula is C32H56. The number of fused-ring (bicyclic) bond motifs is 5. The van der Waals surface area contributed by atoms with Crippen LogP contribution in [0.3, 0.4) is 0 Å². The van der Waals surface area contributed by atoms with Crippen LogP contribution in [0.4, 0.5) is 0 Å². The lowest BCUT2D eigenvalue weighted by molar-refractivity contribution is 0.0198. The molecule has 0 saturated heterocycles. The summed E-state index contributed by atoms with van der Waals surface area (Å²) in [6.45, 7) is 23.2. The van der Waals surface area contributed by atoms with E-state index in [-0.39, 0.29) is 7.43 Å². The first-order valence-electron chi connectivity index (χ1n) is 13.7. The highest BCUT2D eigenvalue weighted by Gasteiger charge is 2.56. The third-order valence-electron chi connectivity index (χ3n) is 10.3. The lowest BCUT2D eigenvalue weighted by Crippen LogP contribution is -2.47. The van der Waals surface area contributed by atoms with E-state index >= 15 is 0 Å². The zero-order valence-corrected chi connectivity index (χ0v) is 22.2. The summed E-state index contributed by atoms with van der Waals surface area (Å²) in [6, 6.07) is 0. The largest absolute Gasteiger partial charge is 0.0996 e. The van der Waals surface area contributed by atoms with Crippen LogP contribution in [-0.4, -0.2) is 0 Å². The molecule has 184 valence electrons. The molecule has 4 aliphatic rings. The van der Waals surface area contributed by atoms with Gasteiger partial charge in [-0.15, -0.1) is 0 Å². The molecule has 5 unspecified atom stereocenters. The molecule has 0 bridgehead atoms. The quantitative estimate of drug-likeness (QED) is 0.373. The van der Waals surface area contributed by atoms with Crippen LogP contribution in [0.5, 0.6) is 0 Å². The SMILES string of the molecule is C.C=C(CCCC1CCC2C3=CCC4C(C)(C)CCCC4(C)C3=CCC12C)C(C)C.CC. The van der Waals surface area contributed by atoms with Crippen molar-refractivity contribution in [1.29, 1.82) is 0 Å². The highest BCUT2D eigenvalue weighted by atomic mass is 14.6. The number of allylic oxidation sites excluding steroid dienone is 5. The smallest absolute Gasteiger partial charge is 0.00394 e. The fourth-order valence-electron chi connectivity index (χ4n) is 8.18. The van der Waals surface area contributed by atoms with Crippen LogP contribution in [0.25, 0.3) is 0 Å². The van der Waals surface area contributed by atoms with Gasteiger partial charge in [-0.05, 0) is 109 Å². The van der Waals surface area contributed by atoms with Gasteiger partial charge < -0.3 is 0 Å². The molecule has 0 amide bonds. The molecule has 0 spiro atoms. The van der Waals surface area contributed by atoms with Gasteiger partial charge in [-0.3, -0.25) is 0 Å². The van der Waals surface area contributed by atoms with Crippen molar-refractivity contribution in [3.8, 4) is 0 Å². The molecule has 0 heteroatoms. The van der Waals surface area contributed by atoms with Gasteiger partial charge >= 0.3 is 0 Å². The van der Waals surface area contributed by atoms with E-state index in [9.17, 15) is 0 Å². The predicted octanol–water partition coefficient (Wildman–Crippen LogP) is 10.6. The fourth-order valence-corrected chi connectivity index (χ4v) is 8.18. The van der Waals surface area contributed by atoms with Gasteiger partial charge in [0.05, 0.1) is 0 Å². The monoisotopic (exact) mass is 440 g/mol. The van der Waals surface area contributed by atoms with Crippen molar-refractivity contribution < 1.29 is 0 Å². The average molecular weight is 441 g/mol. The zero-order valence-electron chi connectivity index (χ0n) is 22.2. The number of hydrogen-bond acceptors (Lipinski definition) is 0. The van der Waals surface area contributed by atoms with Gasteiger partial charge in [-0.25, -0.2) is 0 Å². The van der Waals surface area contributed by atoms with Crippen molar-refractivity contribution in [2.45, 2.75) is 127 Å². The summed E-state index contributed by atoms with van der Waals surface area (Å²) in [5.74, 6) is 3.20. The minimum absolute atomic E-state index is 0. The van der Waals surface area contributed by atoms with Gasteiger partial charge in [-0.2, -0.15) is 0 Å². The van der Waals surface area contributed by atoms with Crippen molar-refractivity contribution >= 4 is 0 Å². The first-order chi connectivity index (χ1) is 14.6. The van der Waals surface area contributed by atoms with Crippen molar-refractivity contribution in [1.82, 2.24) is 0 Å². The molecule has 5 atom stereocenters. The minimum atomic E-state index is 0. The Labute approximate surface area is 202 Å². The van der Waals surface area contributed by atoms with Gasteiger partial charge in [0.2, 0.25) is 0 Å². The molecule has 0 aromatic carbocycles. The zero-order chi connectivity index (χ0) is 23.0. The summed E-state index contributed by atoms with van der Waals surface area (Å²) in [7, 11) is 0. The van der Waals surface area contributed by atoms with E-state index in [4.69, 9.17) is 0 Å². The lowest BCUT2D eigenvalue weighted by atomic mass is 9.47. The van der Waals surface area contributed by atoms with Gasteiger partial charge in [0, 0.05) is 0 Å². The van der Waals surface area contributed by atoms with Crippen LogP contribution in [0.2, 0.25) is 0 Å². The maximum absolute atomic E-state index is 4.31. The second-order valence-corrected chi connectivity index (χ2v) is 12.6. The molecule has 0 aromatic rings. The van der Waals surface area contributed by atoms with E-state index in [1.165, 1.54) is 69.8 Å². The molecule has 4 aliphatic carbocycles. The van der Waals surface area contributed by atoms with Gasteiger partial charge in [0.25, 0.3) is 0 Å². The molecule has 0 aliphatic heterocycles. The summed E-state index contributed by atoms with van der Waals surface area (Å²) in [4.78, 5) is 0. The summed E-state index contributed by atoms with van der Waals surface area (Å²) in [5.41, 5.74) is 6.46. The Bertz CT molecular complexity index is 716. The number of rotatable bonds is 5. The van der Waals surface area contributed by atoms with E-state index in [0.29, 0.717) is 22.2 Å². The van der Waals surface area contributed by atoms with Crippen LogP contribution in [0.15, 0.2) is 35.5 Å². The second-order valence-electron chi connectivity index (χ2n) is 12.6. The third kappa shape index (κ3) is 4.59. The Morgan fingerprint density at radius 3 is 2.41 bits per heavy atom. The Hall–Kier alpha value is -0.780. The van der Waals surface area contributed by atoms with Crippen molar-refractivity contribution in [3.63, 3.8) is 0 Å². The highest BCUT2D eigenvalue weighted by molar-refractivity contribution is 5.46. The van der Waals surface area contributed by atoms with Crippen LogP contribution in [0, 0.1) is 39.9 Å².